The highest BCUT2D eigenvalue weighted by atomic mass is 16.5. The van der Waals surface area contributed by atoms with Crippen molar-refractivity contribution in [2.45, 2.75) is 38.0 Å². The molecule has 1 heterocycles. The van der Waals surface area contributed by atoms with E-state index in [1.54, 1.807) is 0 Å². The number of benzene rings is 2. The summed E-state index contributed by atoms with van der Waals surface area (Å²) in [6.45, 7) is 0.433. The van der Waals surface area contributed by atoms with Crippen LogP contribution in [-0.4, -0.2) is 37.0 Å². The first-order chi connectivity index (χ1) is 14.0. The molecule has 0 aromatic heterocycles. The lowest BCUT2D eigenvalue weighted by Crippen LogP contribution is -2.49. The molecule has 3 rings (SSSR count). The Morgan fingerprint density at radius 2 is 1.90 bits per heavy atom. The van der Waals surface area contributed by atoms with Crippen molar-refractivity contribution in [3.05, 3.63) is 65.7 Å². The fourth-order valence-electron chi connectivity index (χ4n) is 3.16. The molecule has 1 aliphatic rings. The van der Waals surface area contributed by atoms with Gasteiger partial charge in [0.05, 0.1) is 7.11 Å². The molecule has 1 fully saturated rings. The van der Waals surface area contributed by atoms with Gasteiger partial charge in [-0.15, -0.1) is 0 Å². The molecule has 152 valence electrons. The largest absolute Gasteiger partial charge is 0.489 e. The van der Waals surface area contributed by atoms with E-state index in [1.807, 2.05) is 54.6 Å². The molecular formula is C22H24N2O5. The maximum atomic E-state index is 12.4. The smallest absolute Gasteiger partial charge is 0.328 e. The van der Waals surface area contributed by atoms with Crippen LogP contribution in [0.5, 0.6) is 5.75 Å². The molecule has 2 N–H and O–H groups in total. The molecule has 0 radical (unpaired) electrons. The molecule has 0 spiro atoms. The van der Waals surface area contributed by atoms with Crippen molar-refractivity contribution >= 4 is 17.8 Å². The highest BCUT2D eigenvalue weighted by molar-refractivity contribution is 5.93. The predicted octanol–water partition coefficient (Wildman–Crippen LogP) is 1.74. The first-order valence-corrected chi connectivity index (χ1v) is 9.48. The number of amides is 2. The van der Waals surface area contributed by atoms with Crippen LogP contribution >= 0.6 is 0 Å². The standard InChI is InChI=1S/C22H24N2O5/c1-28-22(27)19(24-21(26)18-10-11-20(25)23-18)13-16-8-5-9-17(12-16)29-14-15-6-3-2-4-7-15/h2-9,12,18-19H,10-11,13-14H2,1H3,(H,23,25)(H,24,26)/t18-,19-/m0/s1. The van der Waals surface area contributed by atoms with Gasteiger partial charge in [0.15, 0.2) is 0 Å². The van der Waals surface area contributed by atoms with E-state index in [9.17, 15) is 14.4 Å². The van der Waals surface area contributed by atoms with Crippen molar-refractivity contribution < 1.29 is 23.9 Å². The van der Waals surface area contributed by atoms with E-state index in [-0.39, 0.29) is 18.2 Å². The average Bonchev–Trinajstić information content (AvgIpc) is 3.18. The van der Waals surface area contributed by atoms with Crippen molar-refractivity contribution in [2.24, 2.45) is 0 Å². The van der Waals surface area contributed by atoms with Crippen molar-refractivity contribution in [1.29, 1.82) is 0 Å². The molecule has 7 heteroatoms. The third-order valence-corrected chi connectivity index (χ3v) is 4.70. The maximum Gasteiger partial charge on any atom is 0.328 e. The lowest BCUT2D eigenvalue weighted by Gasteiger charge is -2.19. The van der Waals surface area contributed by atoms with E-state index in [0.29, 0.717) is 25.2 Å². The number of rotatable bonds is 8. The first-order valence-electron chi connectivity index (χ1n) is 9.48. The number of hydrogen-bond acceptors (Lipinski definition) is 5. The number of esters is 1. The highest BCUT2D eigenvalue weighted by Crippen LogP contribution is 2.17. The highest BCUT2D eigenvalue weighted by Gasteiger charge is 2.30. The summed E-state index contributed by atoms with van der Waals surface area (Å²) in [5, 5.41) is 5.29. The summed E-state index contributed by atoms with van der Waals surface area (Å²) in [6, 6.07) is 15.7. The summed E-state index contributed by atoms with van der Waals surface area (Å²) < 4.78 is 10.7. The second kappa shape index (κ2) is 9.73. The van der Waals surface area contributed by atoms with Gasteiger partial charge in [-0.2, -0.15) is 0 Å². The van der Waals surface area contributed by atoms with Gasteiger partial charge in [0.2, 0.25) is 11.8 Å². The predicted molar refractivity (Wildman–Crippen MR) is 106 cm³/mol. The lowest BCUT2D eigenvalue weighted by atomic mass is 10.0. The van der Waals surface area contributed by atoms with Crippen LogP contribution in [0.1, 0.15) is 24.0 Å². The summed E-state index contributed by atoms with van der Waals surface area (Å²) in [5.41, 5.74) is 1.87. The van der Waals surface area contributed by atoms with Gasteiger partial charge in [0.25, 0.3) is 0 Å². The Bertz CT molecular complexity index is 869. The van der Waals surface area contributed by atoms with Gasteiger partial charge >= 0.3 is 5.97 Å². The summed E-state index contributed by atoms with van der Waals surface area (Å²) in [4.78, 5) is 35.9. The lowest BCUT2D eigenvalue weighted by molar-refractivity contribution is -0.145. The number of carbonyl (C=O) groups excluding carboxylic acids is 3. The molecule has 2 aromatic carbocycles. The molecule has 0 bridgehead atoms. The van der Waals surface area contributed by atoms with Crippen LogP contribution in [0, 0.1) is 0 Å². The van der Waals surface area contributed by atoms with Gasteiger partial charge in [-0.1, -0.05) is 42.5 Å². The van der Waals surface area contributed by atoms with Gasteiger partial charge in [-0.25, -0.2) is 4.79 Å². The Morgan fingerprint density at radius 1 is 1.14 bits per heavy atom. The van der Waals surface area contributed by atoms with Crippen LogP contribution in [0.4, 0.5) is 0 Å². The van der Waals surface area contributed by atoms with Crippen LogP contribution in [0.2, 0.25) is 0 Å². The zero-order chi connectivity index (χ0) is 20.6. The molecule has 0 aliphatic carbocycles. The van der Waals surface area contributed by atoms with E-state index in [2.05, 4.69) is 10.6 Å². The molecule has 7 nitrogen and oxygen atoms in total. The quantitative estimate of drug-likeness (QED) is 0.663. The van der Waals surface area contributed by atoms with Crippen molar-refractivity contribution in [2.75, 3.05) is 7.11 Å². The van der Waals surface area contributed by atoms with E-state index < -0.39 is 18.1 Å². The molecule has 2 atom stereocenters. The Labute approximate surface area is 169 Å². The Morgan fingerprint density at radius 3 is 2.59 bits per heavy atom. The third kappa shape index (κ3) is 5.81. The molecule has 29 heavy (non-hydrogen) atoms. The number of hydrogen-bond donors (Lipinski definition) is 2. The Hall–Kier alpha value is -3.35. The molecule has 1 saturated heterocycles. The van der Waals surface area contributed by atoms with Crippen LogP contribution in [0.25, 0.3) is 0 Å². The minimum atomic E-state index is -0.852. The summed E-state index contributed by atoms with van der Waals surface area (Å²) in [6.07, 6.45) is 0.977. The summed E-state index contributed by atoms with van der Waals surface area (Å²) >= 11 is 0. The number of methoxy groups -OCH3 is 1. The van der Waals surface area contributed by atoms with E-state index in [1.165, 1.54) is 7.11 Å². The van der Waals surface area contributed by atoms with E-state index >= 15 is 0 Å². The van der Waals surface area contributed by atoms with Gasteiger partial charge in [-0.3, -0.25) is 9.59 Å². The van der Waals surface area contributed by atoms with Crippen LogP contribution in [0.15, 0.2) is 54.6 Å². The zero-order valence-corrected chi connectivity index (χ0v) is 16.2. The van der Waals surface area contributed by atoms with Crippen molar-refractivity contribution in [1.82, 2.24) is 10.6 Å². The molecule has 2 aromatic rings. The second-order valence-electron chi connectivity index (χ2n) is 6.87. The van der Waals surface area contributed by atoms with E-state index in [0.717, 1.165) is 11.1 Å². The second-order valence-corrected chi connectivity index (χ2v) is 6.87. The van der Waals surface area contributed by atoms with E-state index in [4.69, 9.17) is 9.47 Å². The minimum Gasteiger partial charge on any atom is -0.489 e. The van der Waals surface area contributed by atoms with Gasteiger partial charge in [0, 0.05) is 12.8 Å². The topological polar surface area (TPSA) is 93.7 Å². The minimum absolute atomic E-state index is 0.164. The fraction of sp³-hybridized carbons (Fsp3) is 0.318. The third-order valence-electron chi connectivity index (χ3n) is 4.70. The number of nitrogens with one attached hydrogen (secondary N) is 2. The van der Waals surface area contributed by atoms with Gasteiger partial charge in [-0.05, 0) is 29.7 Å². The molecule has 0 unspecified atom stereocenters. The SMILES string of the molecule is COC(=O)[C@H](Cc1cccc(OCc2ccccc2)c1)NC(=O)[C@@H]1CCC(=O)N1. The van der Waals surface area contributed by atoms with Crippen LogP contribution < -0.4 is 15.4 Å². The monoisotopic (exact) mass is 396 g/mol. The Kier molecular flexibility index (Phi) is 6.84. The first kappa shape index (κ1) is 20.4. The molecule has 0 saturated carbocycles. The zero-order valence-electron chi connectivity index (χ0n) is 16.2. The molecule has 1 aliphatic heterocycles. The fourth-order valence-corrected chi connectivity index (χ4v) is 3.16. The van der Waals surface area contributed by atoms with Gasteiger partial charge in [0.1, 0.15) is 24.4 Å². The Balaban J connectivity index is 1.63. The number of ether oxygens (including phenoxy) is 2. The van der Waals surface area contributed by atoms with Crippen molar-refractivity contribution in [3.63, 3.8) is 0 Å². The normalized spacial score (nSPS) is 16.6. The maximum absolute atomic E-state index is 12.4. The number of carbonyl (C=O) groups is 3. The van der Waals surface area contributed by atoms with Gasteiger partial charge < -0.3 is 20.1 Å². The molecule has 2 amide bonds. The van der Waals surface area contributed by atoms with Crippen LogP contribution in [-0.2, 0) is 32.1 Å². The average molecular weight is 396 g/mol. The summed E-state index contributed by atoms with van der Waals surface area (Å²) in [7, 11) is 1.28. The summed E-state index contributed by atoms with van der Waals surface area (Å²) in [5.74, 6) is -0.423. The van der Waals surface area contributed by atoms with Crippen molar-refractivity contribution in [3.8, 4) is 5.75 Å². The van der Waals surface area contributed by atoms with Crippen LogP contribution in [0.3, 0.4) is 0 Å². The molecular weight excluding hydrogens is 372 g/mol.